The Morgan fingerprint density at radius 3 is 2.26 bits per heavy atom. The summed E-state index contributed by atoms with van der Waals surface area (Å²) < 4.78 is 9.42. The van der Waals surface area contributed by atoms with Crippen molar-refractivity contribution < 1.29 is 14.3 Å². The quantitative estimate of drug-likeness (QED) is 0.361. The monoisotopic (exact) mass is 260 g/mol. The lowest BCUT2D eigenvalue weighted by Gasteiger charge is -1.94. The lowest BCUT2D eigenvalue weighted by atomic mass is 10.2. The summed E-state index contributed by atoms with van der Waals surface area (Å²) in [6.45, 7) is 14.0. The maximum Gasteiger partial charge on any atom is 0.330 e. The highest BCUT2D eigenvalue weighted by molar-refractivity contribution is 5.81. The Hall–Kier alpha value is -2.13. The number of epoxide rings is 1. The predicted molar refractivity (Wildman–Crippen MR) is 78.7 cm³/mol. The van der Waals surface area contributed by atoms with Crippen molar-refractivity contribution in [3.05, 3.63) is 68.3 Å². The van der Waals surface area contributed by atoms with Gasteiger partial charge in [-0.15, -0.1) is 13.2 Å². The first-order valence-electron chi connectivity index (χ1n) is 5.84. The molecule has 19 heavy (non-hydrogen) atoms. The van der Waals surface area contributed by atoms with Crippen molar-refractivity contribution >= 4 is 12.0 Å². The van der Waals surface area contributed by atoms with Crippen LogP contribution in [-0.2, 0) is 14.3 Å². The van der Waals surface area contributed by atoms with Gasteiger partial charge in [-0.25, -0.2) is 4.79 Å². The molecule has 0 bridgehead atoms. The van der Waals surface area contributed by atoms with Crippen molar-refractivity contribution in [1.29, 1.82) is 0 Å². The first-order chi connectivity index (χ1) is 9.26. The minimum atomic E-state index is -0.384. The average molecular weight is 260 g/mol. The number of benzene rings is 1. The summed E-state index contributed by atoms with van der Waals surface area (Å²) in [5.74, 6) is -0.384. The molecular weight excluding hydrogens is 240 g/mol. The molecule has 1 atom stereocenters. The van der Waals surface area contributed by atoms with E-state index in [0.29, 0.717) is 13.2 Å². The molecule has 1 heterocycles. The molecule has 3 heteroatoms. The van der Waals surface area contributed by atoms with Gasteiger partial charge in [0.15, 0.2) is 0 Å². The van der Waals surface area contributed by atoms with Gasteiger partial charge in [-0.2, -0.15) is 0 Å². The van der Waals surface area contributed by atoms with Crippen LogP contribution >= 0.6 is 0 Å². The van der Waals surface area contributed by atoms with Gasteiger partial charge in [0.1, 0.15) is 12.7 Å². The van der Waals surface area contributed by atoms with Crippen LogP contribution in [0.25, 0.3) is 6.08 Å². The van der Waals surface area contributed by atoms with E-state index in [1.807, 2.05) is 36.4 Å². The fourth-order valence-electron chi connectivity index (χ4n) is 0.987. The van der Waals surface area contributed by atoms with Gasteiger partial charge >= 0.3 is 5.97 Å². The summed E-state index contributed by atoms with van der Waals surface area (Å²) in [6.07, 6.45) is 3.12. The number of hydrogen-bond acceptors (Lipinski definition) is 3. The standard InChI is InChI=1S/C8H8.C6H8O3.C2H4/c1-2-8-6-4-3-5-7-8;1-2-6(7)9-4-5-3-8-5;1-2/h2-7H,1H2;2,5H,1,3-4H2;1-2H2. The Balaban J connectivity index is 0.000000303. The molecule has 1 aliphatic heterocycles. The van der Waals surface area contributed by atoms with Crippen LogP contribution in [0.1, 0.15) is 5.56 Å². The second kappa shape index (κ2) is 11.0. The molecule has 0 radical (unpaired) electrons. The summed E-state index contributed by atoms with van der Waals surface area (Å²) in [5, 5.41) is 0. The van der Waals surface area contributed by atoms with E-state index >= 15 is 0 Å². The SMILES string of the molecule is C=C.C=CC(=O)OCC1CO1.C=Cc1ccccc1. The highest BCUT2D eigenvalue weighted by Gasteiger charge is 2.23. The molecule has 0 aliphatic carbocycles. The number of hydrogen-bond donors (Lipinski definition) is 0. The number of carbonyl (C=O) groups excluding carboxylic acids is 1. The van der Waals surface area contributed by atoms with Crippen LogP contribution in [-0.4, -0.2) is 25.3 Å². The molecule has 1 unspecified atom stereocenters. The molecule has 1 aromatic carbocycles. The van der Waals surface area contributed by atoms with Gasteiger partial charge in [-0.1, -0.05) is 49.6 Å². The van der Waals surface area contributed by atoms with E-state index in [0.717, 1.165) is 6.08 Å². The smallest absolute Gasteiger partial charge is 0.330 e. The van der Waals surface area contributed by atoms with Gasteiger partial charge in [0.25, 0.3) is 0 Å². The number of rotatable bonds is 4. The molecule has 2 rings (SSSR count). The van der Waals surface area contributed by atoms with Crippen molar-refractivity contribution in [2.75, 3.05) is 13.2 Å². The molecule has 0 aromatic heterocycles. The zero-order valence-electron chi connectivity index (χ0n) is 11.1. The van der Waals surface area contributed by atoms with Crippen LogP contribution in [0.2, 0.25) is 0 Å². The van der Waals surface area contributed by atoms with E-state index in [1.165, 1.54) is 5.56 Å². The lowest BCUT2D eigenvalue weighted by Crippen LogP contribution is -2.06. The van der Waals surface area contributed by atoms with E-state index in [4.69, 9.17) is 4.74 Å². The molecule has 0 saturated carbocycles. The third-order valence-corrected chi connectivity index (χ3v) is 2.02. The summed E-state index contributed by atoms with van der Waals surface area (Å²) in [5.41, 5.74) is 1.17. The predicted octanol–water partition coefficient (Wildman–Crippen LogP) is 3.25. The first-order valence-corrected chi connectivity index (χ1v) is 5.84. The Morgan fingerprint density at radius 1 is 1.32 bits per heavy atom. The van der Waals surface area contributed by atoms with Crippen molar-refractivity contribution in [2.24, 2.45) is 0 Å². The summed E-state index contributed by atoms with van der Waals surface area (Å²) in [4.78, 5) is 10.3. The van der Waals surface area contributed by atoms with Crippen LogP contribution < -0.4 is 0 Å². The van der Waals surface area contributed by atoms with Crippen LogP contribution in [0, 0.1) is 0 Å². The van der Waals surface area contributed by atoms with Crippen molar-refractivity contribution in [1.82, 2.24) is 0 Å². The molecule has 102 valence electrons. The van der Waals surface area contributed by atoms with E-state index in [-0.39, 0.29) is 12.1 Å². The van der Waals surface area contributed by atoms with E-state index in [9.17, 15) is 4.79 Å². The molecule has 1 fully saturated rings. The Labute approximate surface area is 114 Å². The van der Waals surface area contributed by atoms with E-state index in [2.05, 4.69) is 31.1 Å². The topological polar surface area (TPSA) is 38.8 Å². The maximum atomic E-state index is 10.3. The molecule has 0 N–H and O–H groups in total. The minimum absolute atomic E-state index is 0.147. The highest BCUT2D eigenvalue weighted by Crippen LogP contribution is 2.08. The largest absolute Gasteiger partial charge is 0.460 e. The van der Waals surface area contributed by atoms with E-state index in [1.54, 1.807) is 0 Å². The van der Waals surface area contributed by atoms with E-state index < -0.39 is 0 Å². The third kappa shape index (κ3) is 9.56. The fourth-order valence-corrected chi connectivity index (χ4v) is 0.987. The zero-order chi connectivity index (χ0) is 14.5. The van der Waals surface area contributed by atoms with Gasteiger partial charge in [-0.05, 0) is 5.56 Å². The third-order valence-electron chi connectivity index (χ3n) is 2.02. The molecule has 1 saturated heterocycles. The van der Waals surface area contributed by atoms with Gasteiger partial charge in [0.2, 0.25) is 0 Å². The van der Waals surface area contributed by atoms with Crippen LogP contribution in [0.15, 0.2) is 62.7 Å². The second-order valence-electron chi connectivity index (χ2n) is 3.40. The Morgan fingerprint density at radius 2 is 1.89 bits per heavy atom. The van der Waals surface area contributed by atoms with Gasteiger partial charge in [0, 0.05) is 6.08 Å². The van der Waals surface area contributed by atoms with Gasteiger partial charge in [-0.3, -0.25) is 0 Å². The zero-order valence-corrected chi connectivity index (χ0v) is 11.1. The van der Waals surface area contributed by atoms with Crippen molar-refractivity contribution in [3.8, 4) is 0 Å². The summed E-state index contributed by atoms with van der Waals surface area (Å²) in [7, 11) is 0. The molecule has 0 spiro atoms. The Kier molecular flexibility index (Phi) is 9.76. The summed E-state index contributed by atoms with van der Waals surface area (Å²) >= 11 is 0. The molecular formula is C16H20O3. The number of carbonyl (C=O) groups is 1. The highest BCUT2D eigenvalue weighted by atomic mass is 16.6. The van der Waals surface area contributed by atoms with Crippen molar-refractivity contribution in [3.63, 3.8) is 0 Å². The fraction of sp³-hybridized carbons (Fsp3) is 0.188. The normalized spacial score (nSPS) is 14.6. The van der Waals surface area contributed by atoms with Crippen LogP contribution in [0.4, 0.5) is 0 Å². The van der Waals surface area contributed by atoms with Crippen LogP contribution in [0.5, 0.6) is 0 Å². The number of esters is 1. The molecule has 3 nitrogen and oxygen atoms in total. The van der Waals surface area contributed by atoms with Gasteiger partial charge < -0.3 is 9.47 Å². The van der Waals surface area contributed by atoms with Crippen LogP contribution in [0.3, 0.4) is 0 Å². The average Bonchev–Trinajstić information content (AvgIpc) is 3.32. The van der Waals surface area contributed by atoms with Gasteiger partial charge in [0.05, 0.1) is 6.61 Å². The first kappa shape index (κ1) is 16.9. The lowest BCUT2D eigenvalue weighted by molar-refractivity contribution is -0.138. The second-order valence-corrected chi connectivity index (χ2v) is 3.40. The molecule has 1 aromatic rings. The number of ether oxygens (including phenoxy) is 2. The minimum Gasteiger partial charge on any atom is -0.460 e. The maximum absolute atomic E-state index is 10.3. The molecule has 1 aliphatic rings. The summed E-state index contributed by atoms with van der Waals surface area (Å²) in [6, 6.07) is 10.0. The Bertz CT molecular complexity index is 380. The van der Waals surface area contributed by atoms with Crippen molar-refractivity contribution in [2.45, 2.75) is 6.10 Å². The molecule has 0 amide bonds.